The van der Waals surface area contributed by atoms with Crippen LogP contribution in [-0.4, -0.2) is 20.7 Å². The highest BCUT2D eigenvalue weighted by atomic mass is 16.1. The van der Waals surface area contributed by atoms with Crippen LogP contribution in [0.25, 0.3) is 5.69 Å². The minimum absolute atomic E-state index is 0.0640. The standard InChI is InChI=1S/C16H18N4O/c21-16(10-13-6-4-5-7-13)17-11-15-19-18-12-20(15)14-8-2-1-3-9-14/h1-4,6,8-9,12-13H,5,7,10-11H2,(H,17,21). The quantitative estimate of drug-likeness (QED) is 0.856. The summed E-state index contributed by atoms with van der Waals surface area (Å²) in [5, 5.41) is 10.9. The molecule has 1 unspecified atom stereocenters. The molecule has 1 amide bonds. The van der Waals surface area contributed by atoms with Gasteiger partial charge in [0, 0.05) is 12.1 Å². The van der Waals surface area contributed by atoms with Crippen LogP contribution in [0, 0.1) is 5.92 Å². The van der Waals surface area contributed by atoms with E-state index in [-0.39, 0.29) is 5.91 Å². The van der Waals surface area contributed by atoms with Gasteiger partial charge in [-0.25, -0.2) is 0 Å². The van der Waals surface area contributed by atoms with Gasteiger partial charge in [0.2, 0.25) is 5.91 Å². The van der Waals surface area contributed by atoms with Crippen LogP contribution in [0.15, 0.2) is 48.8 Å². The Morgan fingerprint density at radius 3 is 2.95 bits per heavy atom. The van der Waals surface area contributed by atoms with Crippen LogP contribution in [0.3, 0.4) is 0 Å². The summed E-state index contributed by atoms with van der Waals surface area (Å²) in [7, 11) is 0. The highest BCUT2D eigenvalue weighted by molar-refractivity contribution is 5.76. The molecule has 0 saturated heterocycles. The number of rotatable bonds is 5. The normalized spacial score (nSPS) is 17.0. The molecular weight excluding hydrogens is 264 g/mol. The van der Waals surface area contributed by atoms with Crippen LogP contribution in [0.2, 0.25) is 0 Å². The average Bonchev–Trinajstić information content (AvgIpc) is 3.17. The lowest BCUT2D eigenvalue weighted by atomic mass is 10.1. The third kappa shape index (κ3) is 3.37. The molecule has 3 rings (SSSR count). The van der Waals surface area contributed by atoms with Crippen molar-refractivity contribution in [2.45, 2.75) is 25.8 Å². The molecule has 0 fully saturated rings. The van der Waals surface area contributed by atoms with Crippen molar-refractivity contribution >= 4 is 5.91 Å². The van der Waals surface area contributed by atoms with Crippen LogP contribution < -0.4 is 5.32 Å². The number of nitrogens with one attached hydrogen (secondary N) is 1. The summed E-state index contributed by atoms with van der Waals surface area (Å²) in [6, 6.07) is 9.86. The molecule has 0 aliphatic heterocycles. The van der Waals surface area contributed by atoms with Gasteiger partial charge in [0.25, 0.3) is 0 Å². The van der Waals surface area contributed by atoms with Crippen LogP contribution in [0.4, 0.5) is 0 Å². The third-order valence-electron chi connectivity index (χ3n) is 3.66. The van der Waals surface area contributed by atoms with E-state index in [4.69, 9.17) is 0 Å². The Hall–Kier alpha value is -2.43. The van der Waals surface area contributed by atoms with Gasteiger partial charge in [0.15, 0.2) is 5.82 Å². The number of amides is 1. The minimum Gasteiger partial charge on any atom is -0.349 e. The Morgan fingerprint density at radius 1 is 1.33 bits per heavy atom. The molecule has 108 valence electrons. The first-order valence-corrected chi connectivity index (χ1v) is 7.20. The van der Waals surface area contributed by atoms with Gasteiger partial charge in [-0.3, -0.25) is 9.36 Å². The van der Waals surface area contributed by atoms with Crippen molar-refractivity contribution in [1.29, 1.82) is 0 Å². The monoisotopic (exact) mass is 282 g/mol. The van der Waals surface area contributed by atoms with E-state index in [1.165, 1.54) is 0 Å². The van der Waals surface area contributed by atoms with Crippen LogP contribution in [-0.2, 0) is 11.3 Å². The lowest BCUT2D eigenvalue weighted by Crippen LogP contribution is -2.25. The van der Waals surface area contributed by atoms with Crippen LogP contribution in [0.5, 0.6) is 0 Å². The number of benzene rings is 1. The minimum atomic E-state index is 0.0640. The van der Waals surface area contributed by atoms with Gasteiger partial charge in [-0.1, -0.05) is 30.4 Å². The smallest absolute Gasteiger partial charge is 0.220 e. The maximum absolute atomic E-state index is 11.9. The predicted octanol–water partition coefficient (Wildman–Crippen LogP) is 2.24. The van der Waals surface area contributed by atoms with Crippen LogP contribution in [0.1, 0.15) is 25.1 Å². The zero-order chi connectivity index (χ0) is 14.5. The van der Waals surface area contributed by atoms with E-state index >= 15 is 0 Å². The van der Waals surface area contributed by atoms with Crippen LogP contribution >= 0.6 is 0 Å². The van der Waals surface area contributed by atoms with Gasteiger partial charge in [-0.05, 0) is 30.9 Å². The second kappa shape index (κ2) is 6.35. The first-order valence-electron chi connectivity index (χ1n) is 7.20. The molecule has 2 aromatic rings. The Bertz CT molecular complexity index is 633. The summed E-state index contributed by atoms with van der Waals surface area (Å²) in [6.07, 6.45) is 8.65. The molecule has 1 aromatic heterocycles. The molecule has 1 heterocycles. The maximum atomic E-state index is 11.9. The Morgan fingerprint density at radius 2 is 2.19 bits per heavy atom. The molecule has 1 atom stereocenters. The molecule has 0 spiro atoms. The summed E-state index contributed by atoms with van der Waals surface area (Å²) < 4.78 is 1.88. The second-order valence-corrected chi connectivity index (χ2v) is 5.20. The average molecular weight is 282 g/mol. The van der Waals surface area contributed by atoms with Crippen molar-refractivity contribution in [3.8, 4) is 5.69 Å². The zero-order valence-electron chi connectivity index (χ0n) is 11.8. The van der Waals surface area contributed by atoms with Crippen molar-refractivity contribution in [3.05, 3.63) is 54.6 Å². The van der Waals surface area contributed by atoms with Gasteiger partial charge in [-0.2, -0.15) is 0 Å². The van der Waals surface area contributed by atoms with Crippen molar-refractivity contribution in [1.82, 2.24) is 20.1 Å². The number of carbonyl (C=O) groups excluding carboxylic acids is 1. The molecule has 1 aliphatic carbocycles. The summed E-state index contributed by atoms with van der Waals surface area (Å²) in [5.41, 5.74) is 0.991. The number of carbonyl (C=O) groups is 1. The van der Waals surface area contributed by atoms with Crippen molar-refractivity contribution in [3.63, 3.8) is 0 Å². The molecule has 0 radical (unpaired) electrons. The van der Waals surface area contributed by atoms with E-state index in [0.717, 1.165) is 24.4 Å². The number of nitrogens with zero attached hydrogens (tertiary/aromatic N) is 3. The summed E-state index contributed by atoms with van der Waals surface area (Å²) >= 11 is 0. The topological polar surface area (TPSA) is 59.8 Å². The fourth-order valence-corrected chi connectivity index (χ4v) is 2.54. The van der Waals surface area contributed by atoms with Gasteiger partial charge >= 0.3 is 0 Å². The Balaban J connectivity index is 1.60. The predicted molar refractivity (Wildman–Crippen MR) is 79.7 cm³/mol. The number of aromatic nitrogens is 3. The molecular formula is C16H18N4O. The molecule has 1 aliphatic rings. The Labute approximate surface area is 123 Å². The molecule has 5 heteroatoms. The summed E-state index contributed by atoms with van der Waals surface area (Å²) in [5.74, 6) is 1.18. The van der Waals surface area contributed by atoms with Gasteiger partial charge in [-0.15, -0.1) is 10.2 Å². The zero-order valence-corrected chi connectivity index (χ0v) is 11.8. The van der Waals surface area contributed by atoms with Crippen molar-refractivity contribution < 1.29 is 4.79 Å². The molecule has 5 nitrogen and oxygen atoms in total. The van der Waals surface area contributed by atoms with Gasteiger partial charge < -0.3 is 5.32 Å². The van der Waals surface area contributed by atoms with E-state index in [9.17, 15) is 4.79 Å². The lowest BCUT2D eigenvalue weighted by Gasteiger charge is -2.09. The van der Waals surface area contributed by atoms with Gasteiger partial charge in [0.05, 0.1) is 6.54 Å². The molecule has 1 N–H and O–H groups in total. The molecule has 0 saturated carbocycles. The summed E-state index contributed by atoms with van der Waals surface area (Å²) in [6.45, 7) is 0.393. The second-order valence-electron chi connectivity index (χ2n) is 5.20. The van der Waals surface area contributed by atoms with Crippen molar-refractivity contribution in [2.75, 3.05) is 0 Å². The highest BCUT2D eigenvalue weighted by Crippen LogP contribution is 2.20. The van der Waals surface area contributed by atoms with E-state index < -0.39 is 0 Å². The number of hydrogen-bond donors (Lipinski definition) is 1. The fraction of sp³-hybridized carbons (Fsp3) is 0.312. The SMILES string of the molecule is O=C(CC1C=CCC1)NCc1nncn1-c1ccccc1. The van der Waals surface area contributed by atoms with Gasteiger partial charge in [0.1, 0.15) is 6.33 Å². The number of para-hydroxylation sites is 1. The van der Waals surface area contributed by atoms with E-state index in [0.29, 0.717) is 18.9 Å². The van der Waals surface area contributed by atoms with Crippen molar-refractivity contribution in [2.24, 2.45) is 5.92 Å². The maximum Gasteiger partial charge on any atom is 0.220 e. The molecule has 21 heavy (non-hydrogen) atoms. The lowest BCUT2D eigenvalue weighted by molar-refractivity contribution is -0.121. The number of hydrogen-bond acceptors (Lipinski definition) is 3. The Kier molecular flexibility index (Phi) is 4.09. The largest absolute Gasteiger partial charge is 0.349 e. The summed E-state index contributed by atoms with van der Waals surface area (Å²) in [4.78, 5) is 11.9. The van der Waals surface area contributed by atoms with E-state index in [1.807, 2.05) is 34.9 Å². The fourth-order valence-electron chi connectivity index (χ4n) is 2.54. The first kappa shape index (κ1) is 13.5. The van der Waals surface area contributed by atoms with E-state index in [1.54, 1.807) is 6.33 Å². The number of allylic oxidation sites excluding steroid dienone is 2. The highest BCUT2D eigenvalue weighted by Gasteiger charge is 2.14. The van der Waals surface area contributed by atoms with E-state index in [2.05, 4.69) is 27.7 Å². The molecule has 0 bridgehead atoms. The molecule has 1 aromatic carbocycles. The third-order valence-corrected chi connectivity index (χ3v) is 3.66. The first-order chi connectivity index (χ1) is 10.3.